The van der Waals surface area contributed by atoms with E-state index in [0.717, 1.165) is 33.4 Å². The first-order chi connectivity index (χ1) is 12.8. The van der Waals surface area contributed by atoms with Gasteiger partial charge in [-0.15, -0.1) is 0 Å². The van der Waals surface area contributed by atoms with E-state index in [9.17, 15) is 4.79 Å². The van der Waals surface area contributed by atoms with Gasteiger partial charge in [0.05, 0.1) is 12.2 Å². The summed E-state index contributed by atoms with van der Waals surface area (Å²) >= 11 is 0. The maximum Gasteiger partial charge on any atom is 0.338 e. The molecular weight excluding hydrogens is 324 g/mol. The van der Waals surface area contributed by atoms with Crippen LogP contribution in [0.25, 0.3) is 33.4 Å². The van der Waals surface area contributed by atoms with Crippen molar-refractivity contribution in [2.45, 2.75) is 6.92 Å². The lowest BCUT2D eigenvalue weighted by Gasteiger charge is -2.07. The fraction of sp³-hybridized carbons (Fsp3) is 0.0870. The van der Waals surface area contributed by atoms with Crippen molar-refractivity contribution >= 4 is 16.9 Å². The first kappa shape index (κ1) is 16.2. The van der Waals surface area contributed by atoms with E-state index in [2.05, 4.69) is 0 Å². The Balaban J connectivity index is 1.94. The summed E-state index contributed by atoms with van der Waals surface area (Å²) in [5.41, 5.74) is 4.27. The fourth-order valence-corrected chi connectivity index (χ4v) is 3.14. The normalized spacial score (nSPS) is 10.8. The summed E-state index contributed by atoms with van der Waals surface area (Å²) in [6.07, 6.45) is 0. The summed E-state index contributed by atoms with van der Waals surface area (Å²) in [5, 5.41) is 1.02. The van der Waals surface area contributed by atoms with Gasteiger partial charge < -0.3 is 9.15 Å². The molecule has 0 saturated carbocycles. The summed E-state index contributed by atoms with van der Waals surface area (Å²) in [4.78, 5) is 12.1. The summed E-state index contributed by atoms with van der Waals surface area (Å²) in [6, 6.07) is 25.4. The maximum absolute atomic E-state index is 12.1. The molecule has 0 aliphatic rings. The number of ether oxygens (including phenoxy) is 1. The summed E-state index contributed by atoms with van der Waals surface area (Å²) in [6.45, 7) is 2.16. The maximum atomic E-state index is 12.1. The van der Waals surface area contributed by atoms with E-state index in [1.54, 1.807) is 13.0 Å². The minimum Gasteiger partial charge on any atom is -0.462 e. The Bertz CT molecular complexity index is 1060. The average molecular weight is 342 g/mol. The molecule has 0 fully saturated rings. The van der Waals surface area contributed by atoms with Gasteiger partial charge in [-0.2, -0.15) is 0 Å². The van der Waals surface area contributed by atoms with Crippen LogP contribution < -0.4 is 0 Å². The molecule has 128 valence electrons. The Labute approximate surface area is 151 Å². The van der Waals surface area contributed by atoms with Crippen LogP contribution in [0.1, 0.15) is 17.3 Å². The molecule has 4 rings (SSSR count). The largest absolute Gasteiger partial charge is 0.462 e. The number of para-hydroxylation sites is 1. The zero-order chi connectivity index (χ0) is 17.9. The van der Waals surface area contributed by atoms with E-state index in [1.165, 1.54) is 0 Å². The Hall–Kier alpha value is -3.33. The minimum atomic E-state index is -0.316. The number of benzene rings is 3. The lowest BCUT2D eigenvalue weighted by molar-refractivity contribution is 0.0526. The van der Waals surface area contributed by atoms with Crippen LogP contribution in [-0.4, -0.2) is 12.6 Å². The van der Waals surface area contributed by atoms with Gasteiger partial charge in [-0.25, -0.2) is 4.79 Å². The molecule has 0 bridgehead atoms. The van der Waals surface area contributed by atoms with E-state index < -0.39 is 0 Å². The van der Waals surface area contributed by atoms with Crippen LogP contribution in [0.5, 0.6) is 0 Å². The fourth-order valence-electron chi connectivity index (χ4n) is 3.14. The Morgan fingerprint density at radius 1 is 0.885 bits per heavy atom. The van der Waals surface area contributed by atoms with E-state index >= 15 is 0 Å². The number of carbonyl (C=O) groups is 1. The highest BCUT2D eigenvalue weighted by Gasteiger charge is 2.18. The van der Waals surface area contributed by atoms with Crippen LogP contribution >= 0.6 is 0 Å². The second-order valence-electron chi connectivity index (χ2n) is 5.97. The Kier molecular flexibility index (Phi) is 4.28. The van der Waals surface area contributed by atoms with E-state index in [0.29, 0.717) is 12.2 Å². The van der Waals surface area contributed by atoms with Gasteiger partial charge in [0.2, 0.25) is 0 Å². The molecule has 3 aromatic carbocycles. The monoisotopic (exact) mass is 342 g/mol. The number of carbonyl (C=O) groups excluding carboxylic acids is 1. The van der Waals surface area contributed by atoms with E-state index in [-0.39, 0.29) is 5.97 Å². The van der Waals surface area contributed by atoms with Crippen molar-refractivity contribution in [3.8, 4) is 22.5 Å². The van der Waals surface area contributed by atoms with Gasteiger partial charge in [0.15, 0.2) is 0 Å². The highest BCUT2D eigenvalue weighted by atomic mass is 16.5. The van der Waals surface area contributed by atoms with Crippen LogP contribution in [0, 0.1) is 0 Å². The predicted octanol–water partition coefficient (Wildman–Crippen LogP) is 5.94. The Morgan fingerprint density at radius 2 is 1.62 bits per heavy atom. The average Bonchev–Trinajstić information content (AvgIpc) is 3.08. The molecule has 0 amide bonds. The summed E-state index contributed by atoms with van der Waals surface area (Å²) in [5.74, 6) is 0.483. The van der Waals surface area contributed by atoms with Crippen molar-refractivity contribution < 1.29 is 13.9 Å². The lowest BCUT2D eigenvalue weighted by atomic mass is 9.97. The van der Waals surface area contributed by atoms with Crippen molar-refractivity contribution in [3.63, 3.8) is 0 Å². The predicted molar refractivity (Wildman–Crippen MR) is 103 cm³/mol. The third kappa shape index (κ3) is 2.88. The molecule has 0 saturated heterocycles. The molecule has 3 nitrogen and oxygen atoms in total. The molecule has 1 heterocycles. The highest BCUT2D eigenvalue weighted by Crippen LogP contribution is 2.40. The first-order valence-electron chi connectivity index (χ1n) is 8.62. The molecule has 1 aromatic heterocycles. The van der Waals surface area contributed by atoms with Gasteiger partial charge in [-0.05, 0) is 30.7 Å². The number of fused-ring (bicyclic) bond motifs is 1. The molecule has 26 heavy (non-hydrogen) atoms. The van der Waals surface area contributed by atoms with E-state index in [4.69, 9.17) is 9.15 Å². The standard InChI is InChI=1S/C23H18O3/c1-2-25-23(24)18-12-8-11-17(15-18)21-19-13-6-7-14-20(19)26-22(21)16-9-4-3-5-10-16/h3-15H,2H2,1H3. The Morgan fingerprint density at radius 3 is 2.42 bits per heavy atom. The van der Waals surface area contributed by atoms with Crippen molar-refractivity contribution in [2.24, 2.45) is 0 Å². The molecular formula is C23H18O3. The lowest BCUT2D eigenvalue weighted by Crippen LogP contribution is -2.04. The zero-order valence-electron chi connectivity index (χ0n) is 14.4. The number of rotatable bonds is 4. The highest BCUT2D eigenvalue weighted by molar-refractivity contribution is 6.02. The molecule has 0 aliphatic heterocycles. The number of furan rings is 1. The van der Waals surface area contributed by atoms with Crippen LogP contribution in [0.3, 0.4) is 0 Å². The molecule has 3 heteroatoms. The minimum absolute atomic E-state index is 0.316. The van der Waals surface area contributed by atoms with Crippen molar-refractivity contribution in [1.29, 1.82) is 0 Å². The third-order valence-corrected chi connectivity index (χ3v) is 4.29. The van der Waals surface area contributed by atoms with Crippen LogP contribution in [0.4, 0.5) is 0 Å². The van der Waals surface area contributed by atoms with Crippen LogP contribution in [-0.2, 0) is 4.74 Å². The number of hydrogen-bond acceptors (Lipinski definition) is 3. The molecule has 0 spiro atoms. The summed E-state index contributed by atoms with van der Waals surface area (Å²) < 4.78 is 11.3. The molecule has 0 N–H and O–H groups in total. The molecule has 0 atom stereocenters. The third-order valence-electron chi connectivity index (χ3n) is 4.29. The number of esters is 1. The second-order valence-corrected chi connectivity index (χ2v) is 5.97. The molecule has 0 aliphatic carbocycles. The summed E-state index contributed by atoms with van der Waals surface area (Å²) in [7, 11) is 0. The zero-order valence-corrected chi connectivity index (χ0v) is 14.4. The van der Waals surface area contributed by atoms with Crippen molar-refractivity contribution in [2.75, 3.05) is 6.61 Å². The first-order valence-corrected chi connectivity index (χ1v) is 8.62. The van der Waals surface area contributed by atoms with Gasteiger partial charge >= 0.3 is 5.97 Å². The van der Waals surface area contributed by atoms with Gasteiger partial charge in [0.25, 0.3) is 0 Å². The topological polar surface area (TPSA) is 39.4 Å². The molecule has 0 unspecified atom stereocenters. The van der Waals surface area contributed by atoms with E-state index in [1.807, 2.05) is 72.8 Å². The smallest absolute Gasteiger partial charge is 0.338 e. The molecule has 0 radical (unpaired) electrons. The van der Waals surface area contributed by atoms with Gasteiger partial charge in [0.1, 0.15) is 11.3 Å². The van der Waals surface area contributed by atoms with Gasteiger partial charge in [-0.1, -0.05) is 60.7 Å². The quantitative estimate of drug-likeness (QED) is 0.431. The van der Waals surface area contributed by atoms with Crippen LogP contribution in [0.2, 0.25) is 0 Å². The van der Waals surface area contributed by atoms with Crippen molar-refractivity contribution in [1.82, 2.24) is 0 Å². The second kappa shape index (κ2) is 6.89. The van der Waals surface area contributed by atoms with Gasteiger partial charge in [0, 0.05) is 16.5 Å². The SMILES string of the molecule is CCOC(=O)c1cccc(-c2c(-c3ccccc3)oc3ccccc23)c1. The van der Waals surface area contributed by atoms with Gasteiger partial charge in [-0.3, -0.25) is 0 Å². The number of hydrogen-bond donors (Lipinski definition) is 0. The molecule has 4 aromatic rings. The van der Waals surface area contributed by atoms with Crippen molar-refractivity contribution in [3.05, 3.63) is 84.4 Å². The van der Waals surface area contributed by atoms with Crippen LogP contribution in [0.15, 0.2) is 83.3 Å².